The van der Waals surface area contributed by atoms with Gasteiger partial charge in [0.25, 0.3) is 0 Å². The zero-order valence-corrected chi connectivity index (χ0v) is 10.8. The van der Waals surface area contributed by atoms with E-state index in [1.807, 2.05) is 30.8 Å². The van der Waals surface area contributed by atoms with Gasteiger partial charge in [-0.2, -0.15) is 0 Å². The third-order valence-corrected chi connectivity index (χ3v) is 4.61. The van der Waals surface area contributed by atoms with Crippen LogP contribution in [0.1, 0.15) is 25.0 Å². The van der Waals surface area contributed by atoms with Gasteiger partial charge in [-0.3, -0.25) is 0 Å². The first-order valence-electron chi connectivity index (χ1n) is 5.68. The Labute approximate surface area is 101 Å². The molecule has 0 amide bonds. The molecule has 1 aromatic rings. The van der Waals surface area contributed by atoms with Crippen molar-refractivity contribution >= 4 is 11.8 Å². The summed E-state index contributed by atoms with van der Waals surface area (Å²) in [6, 6.07) is 5.83. The molecule has 0 aromatic heterocycles. The van der Waals surface area contributed by atoms with Crippen molar-refractivity contribution in [2.24, 2.45) is 0 Å². The Bertz CT molecular complexity index is 390. The van der Waals surface area contributed by atoms with Crippen molar-refractivity contribution < 1.29 is 4.39 Å². The molecule has 1 heterocycles. The first-order chi connectivity index (χ1) is 7.55. The maximum Gasteiger partial charge on any atom is 0.148 e. The number of halogens is 1. The number of alkyl halides is 1. The highest BCUT2D eigenvalue weighted by Crippen LogP contribution is 2.37. The summed E-state index contributed by atoms with van der Waals surface area (Å²) in [5.41, 5.74) is 0.830. The summed E-state index contributed by atoms with van der Waals surface area (Å²) in [6.45, 7) is 3.52. The molecule has 1 aromatic carbocycles. The Hall–Kier alpha value is -0.540. The fourth-order valence-corrected chi connectivity index (χ4v) is 3.10. The second-order valence-electron chi connectivity index (χ2n) is 4.51. The van der Waals surface area contributed by atoms with Crippen molar-refractivity contribution in [3.8, 4) is 0 Å². The molecular weight excluding hydrogens is 221 g/mol. The Balaban J connectivity index is 2.34. The molecule has 1 aliphatic heterocycles. The normalized spacial score (nSPS) is 20.2. The molecule has 16 heavy (non-hydrogen) atoms. The van der Waals surface area contributed by atoms with Crippen LogP contribution in [0.5, 0.6) is 0 Å². The first kappa shape index (κ1) is 11.9. The largest absolute Gasteiger partial charge is 0.314 e. The molecule has 0 spiro atoms. The van der Waals surface area contributed by atoms with Crippen LogP contribution in [0.2, 0.25) is 0 Å². The van der Waals surface area contributed by atoms with Crippen LogP contribution in [-0.4, -0.2) is 18.8 Å². The van der Waals surface area contributed by atoms with E-state index in [0.29, 0.717) is 0 Å². The number of likely N-dealkylation sites (N-methyl/N-ethyl adjacent to an activating group) is 1. The van der Waals surface area contributed by atoms with Gasteiger partial charge < -0.3 is 5.32 Å². The fourth-order valence-electron chi connectivity index (χ4n) is 1.99. The van der Waals surface area contributed by atoms with Crippen molar-refractivity contribution in [2.45, 2.75) is 36.9 Å². The van der Waals surface area contributed by atoms with Gasteiger partial charge in [0.1, 0.15) is 5.67 Å². The number of aryl methyl sites for hydroxylation is 1. The van der Waals surface area contributed by atoms with Crippen LogP contribution in [0.15, 0.2) is 23.1 Å². The van der Waals surface area contributed by atoms with Crippen molar-refractivity contribution in [2.75, 3.05) is 12.8 Å². The molecule has 2 rings (SSSR count). The number of fused-ring (bicyclic) bond motifs is 1. The number of nitrogens with one attached hydrogen (secondary N) is 1. The maximum absolute atomic E-state index is 14.6. The summed E-state index contributed by atoms with van der Waals surface area (Å²) >= 11 is 1.83. The molecule has 88 valence electrons. The second-order valence-corrected chi connectivity index (χ2v) is 5.64. The number of rotatable bonds is 3. The van der Waals surface area contributed by atoms with E-state index in [4.69, 9.17) is 0 Å². The molecule has 0 fully saturated rings. The van der Waals surface area contributed by atoms with Crippen molar-refractivity contribution in [1.29, 1.82) is 0 Å². The highest BCUT2D eigenvalue weighted by Gasteiger charge is 2.32. The monoisotopic (exact) mass is 239 g/mol. The SMILES string of the molecule is CNC(C)C(C)(F)c1ccc2c(c1)SCC2. The van der Waals surface area contributed by atoms with Gasteiger partial charge in [0.05, 0.1) is 0 Å². The number of hydrogen-bond donors (Lipinski definition) is 1. The second kappa shape index (κ2) is 4.38. The van der Waals surface area contributed by atoms with E-state index in [0.717, 1.165) is 17.7 Å². The molecule has 1 N–H and O–H groups in total. The molecule has 0 saturated carbocycles. The lowest BCUT2D eigenvalue weighted by atomic mass is 9.90. The summed E-state index contributed by atoms with van der Waals surface area (Å²) in [7, 11) is 1.80. The third kappa shape index (κ3) is 1.98. The Morgan fingerprint density at radius 2 is 2.25 bits per heavy atom. The van der Waals surface area contributed by atoms with Gasteiger partial charge in [-0.15, -0.1) is 11.8 Å². The van der Waals surface area contributed by atoms with Gasteiger partial charge in [-0.1, -0.05) is 12.1 Å². The highest BCUT2D eigenvalue weighted by atomic mass is 32.2. The number of hydrogen-bond acceptors (Lipinski definition) is 2. The van der Waals surface area contributed by atoms with E-state index >= 15 is 0 Å². The van der Waals surface area contributed by atoms with Crippen LogP contribution < -0.4 is 5.32 Å². The molecule has 0 radical (unpaired) electrons. The average molecular weight is 239 g/mol. The molecule has 0 saturated heterocycles. The van der Waals surface area contributed by atoms with Crippen molar-refractivity contribution in [3.05, 3.63) is 29.3 Å². The standard InChI is InChI=1S/C13H18FNS/c1-9(15-3)13(2,14)11-5-4-10-6-7-16-12(10)8-11/h4-5,8-9,15H,6-7H2,1-3H3. The van der Waals surface area contributed by atoms with Crippen LogP contribution in [0, 0.1) is 0 Å². The minimum absolute atomic E-state index is 0.183. The lowest BCUT2D eigenvalue weighted by molar-refractivity contribution is 0.140. The lowest BCUT2D eigenvalue weighted by Crippen LogP contribution is -2.39. The van der Waals surface area contributed by atoms with Crippen LogP contribution in [0.4, 0.5) is 4.39 Å². The predicted octanol–water partition coefficient (Wildman–Crippen LogP) is 3.13. The van der Waals surface area contributed by atoms with Crippen LogP contribution >= 0.6 is 11.8 Å². The molecule has 0 aliphatic carbocycles. The van der Waals surface area contributed by atoms with Gasteiger partial charge in [-0.05, 0) is 44.5 Å². The molecule has 1 aliphatic rings. The quantitative estimate of drug-likeness (QED) is 0.869. The molecule has 3 heteroatoms. The molecular formula is C13H18FNS. The average Bonchev–Trinajstić information content (AvgIpc) is 2.74. The Kier molecular flexibility index (Phi) is 3.27. The van der Waals surface area contributed by atoms with Crippen molar-refractivity contribution in [1.82, 2.24) is 5.32 Å². The fraction of sp³-hybridized carbons (Fsp3) is 0.538. The lowest BCUT2D eigenvalue weighted by Gasteiger charge is -2.28. The molecule has 1 nitrogen and oxygen atoms in total. The van der Waals surface area contributed by atoms with E-state index in [-0.39, 0.29) is 6.04 Å². The van der Waals surface area contributed by atoms with E-state index in [1.54, 1.807) is 14.0 Å². The van der Waals surface area contributed by atoms with Gasteiger partial charge in [0.2, 0.25) is 0 Å². The number of benzene rings is 1. The topological polar surface area (TPSA) is 12.0 Å². The number of thioether (sulfide) groups is 1. The minimum atomic E-state index is -1.31. The van der Waals surface area contributed by atoms with Crippen LogP contribution in [-0.2, 0) is 12.1 Å². The predicted molar refractivity (Wildman–Crippen MR) is 67.9 cm³/mol. The maximum atomic E-state index is 14.6. The zero-order valence-electron chi connectivity index (χ0n) is 10.0. The summed E-state index contributed by atoms with van der Waals surface area (Å²) in [6.07, 6.45) is 1.12. The molecule has 2 atom stereocenters. The van der Waals surface area contributed by atoms with E-state index in [9.17, 15) is 4.39 Å². The summed E-state index contributed by atoms with van der Waals surface area (Å²) in [5.74, 6) is 1.13. The third-order valence-electron chi connectivity index (χ3n) is 3.51. The summed E-state index contributed by atoms with van der Waals surface area (Å²) < 4.78 is 14.6. The van der Waals surface area contributed by atoms with Crippen molar-refractivity contribution in [3.63, 3.8) is 0 Å². The van der Waals surface area contributed by atoms with Gasteiger partial charge in [0, 0.05) is 16.7 Å². The van der Waals surface area contributed by atoms with Crippen LogP contribution in [0.3, 0.4) is 0 Å². The van der Waals surface area contributed by atoms with Gasteiger partial charge in [-0.25, -0.2) is 4.39 Å². The summed E-state index contributed by atoms with van der Waals surface area (Å²) in [4.78, 5) is 1.25. The van der Waals surface area contributed by atoms with Gasteiger partial charge in [0.15, 0.2) is 0 Å². The zero-order chi connectivity index (χ0) is 11.8. The summed E-state index contributed by atoms with van der Waals surface area (Å²) in [5, 5.41) is 2.99. The van der Waals surface area contributed by atoms with E-state index in [1.165, 1.54) is 10.5 Å². The minimum Gasteiger partial charge on any atom is -0.314 e. The van der Waals surface area contributed by atoms with Gasteiger partial charge >= 0.3 is 0 Å². The van der Waals surface area contributed by atoms with E-state index < -0.39 is 5.67 Å². The Morgan fingerprint density at radius 3 is 2.94 bits per heavy atom. The highest BCUT2D eigenvalue weighted by molar-refractivity contribution is 7.99. The van der Waals surface area contributed by atoms with E-state index in [2.05, 4.69) is 11.4 Å². The molecule has 0 bridgehead atoms. The Morgan fingerprint density at radius 1 is 1.50 bits per heavy atom. The first-order valence-corrected chi connectivity index (χ1v) is 6.66. The van der Waals surface area contributed by atoms with Crippen LogP contribution in [0.25, 0.3) is 0 Å². The molecule has 2 unspecified atom stereocenters. The smallest absolute Gasteiger partial charge is 0.148 e.